The number of nitrogens with zero attached hydrogens (tertiary/aromatic N) is 1. The molecule has 2 aromatic carbocycles. The van der Waals surface area contributed by atoms with Crippen molar-refractivity contribution in [3.05, 3.63) is 88.7 Å². The van der Waals surface area contributed by atoms with Crippen molar-refractivity contribution in [1.29, 1.82) is 0 Å². The third-order valence-corrected chi connectivity index (χ3v) is 5.95. The lowest BCUT2D eigenvalue weighted by atomic mass is 9.85. The predicted molar refractivity (Wildman–Crippen MR) is 120 cm³/mol. The number of H-pyrrole nitrogens is 1. The van der Waals surface area contributed by atoms with Crippen molar-refractivity contribution in [2.45, 2.75) is 12.6 Å². The number of Topliss-reactive ketones (excluding diaryl/α,β-unsaturated/α-hetero) is 2. The summed E-state index contributed by atoms with van der Waals surface area (Å²) in [5.74, 6) is -2.22. The van der Waals surface area contributed by atoms with Gasteiger partial charge < -0.3 is 14.4 Å². The second-order valence-corrected chi connectivity index (χ2v) is 8.05. The highest BCUT2D eigenvalue weighted by Crippen LogP contribution is 2.43. The Bertz CT molecular complexity index is 1200. The molecule has 0 saturated carbocycles. The van der Waals surface area contributed by atoms with E-state index in [1.165, 1.54) is 19.1 Å². The van der Waals surface area contributed by atoms with E-state index in [-0.39, 0.29) is 6.54 Å². The van der Waals surface area contributed by atoms with Crippen LogP contribution in [0.5, 0.6) is 11.5 Å². The summed E-state index contributed by atoms with van der Waals surface area (Å²) in [6.07, 6.45) is 3.49. The largest absolute Gasteiger partial charge is 0.497 e. The van der Waals surface area contributed by atoms with Crippen LogP contribution < -0.4 is 14.5 Å². The molecule has 1 aliphatic rings. The van der Waals surface area contributed by atoms with Crippen molar-refractivity contribution in [3.63, 3.8) is 0 Å². The first-order valence-electron chi connectivity index (χ1n) is 10.3. The summed E-state index contributed by atoms with van der Waals surface area (Å²) in [5.41, 5.74) is 1.60. The fraction of sp³-hybridized carbons (Fsp3) is 0.200. The van der Waals surface area contributed by atoms with Gasteiger partial charge >= 0.3 is 0 Å². The van der Waals surface area contributed by atoms with Crippen molar-refractivity contribution in [2.75, 3.05) is 14.2 Å². The number of ether oxygens (including phenoxy) is 2. The summed E-state index contributed by atoms with van der Waals surface area (Å²) >= 11 is 5.96. The van der Waals surface area contributed by atoms with E-state index in [4.69, 9.17) is 21.1 Å². The summed E-state index contributed by atoms with van der Waals surface area (Å²) in [6, 6.07) is 14.1. The number of aromatic nitrogens is 1. The van der Waals surface area contributed by atoms with E-state index in [1.807, 2.05) is 6.07 Å². The van der Waals surface area contributed by atoms with Crippen molar-refractivity contribution < 1.29 is 28.8 Å². The van der Waals surface area contributed by atoms with E-state index >= 15 is 0 Å². The third-order valence-electron chi connectivity index (χ3n) is 5.70. The van der Waals surface area contributed by atoms with Gasteiger partial charge in [0.2, 0.25) is 5.78 Å². The van der Waals surface area contributed by atoms with Crippen molar-refractivity contribution >= 4 is 29.1 Å². The number of ketones is 2. The molecule has 1 fully saturated rings. The van der Waals surface area contributed by atoms with Gasteiger partial charge in [-0.3, -0.25) is 14.4 Å². The lowest BCUT2D eigenvalue weighted by molar-refractivity contribution is -0.378. The summed E-state index contributed by atoms with van der Waals surface area (Å²) in [6.45, 7) is 0.136. The van der Waals surface area contributed by atoms with Gasteiger partial charge in [0.25, 0.3) is 5.91 Å². The molecular weight excluding hydrogens is 444 g/mol. The zero-order chi connectivity index (χ0) is 23.5. The first-order chi connectivity index (χ1) is 15.9. The Morgan fingerprint density at radius 2 is 1.82 bits per heavy atom. The van der Waals surface area contributed by atoms with E-state index in [0.29, 0.717) is 27.6 Å². The molecule has 1 saturated heterocycles. The SMILES string of the molecule is COc1ccc(OC)c(C2C(C(=O)c3ccc(Cl)cc3)C(=O)C(=O)N2Cc2ccc[nH+]c2)c1. The highest BCUT2D eigenvalue weighted by Gasteiger charge is 2.52. The first kappa shape index (κ1) is 22.5. The Labute approximate surface area is 195 Å². The van der Waals surface area contributed by atoms with Gasteiger partial charge in [0.15, 0.2) is 18.2 Å². The molecule has 0 bridgehead atoms. The summed E-state index contributed by atoms with van der Waals surface area (Å²) in [7, 11) is 3.01. The van der Waals surface area contributed by atoms with Crippen LogP contribution in [0.1, 0.15) is 27.5 Å². The smallest absolute Gasteiger partial charge is 0.291 e. The number of hydrogen-bond donors (Lipinski definition) is 0. The van der Waals surface area contributed by atoms with Crippen LogP contribution in [0.3, 0.4) is 0 Å². The minimum Gasteiger partial charge on any atom is -0.497 e. The van der Waals surface area contributed by atoms with Crippen LogP contribution in [0.2, 0.25) is 5.02 Å². The minimum absolute atomic E-state index is 0.136. The van der Waals surface area contributed by atoms with Crippen LogP contribution in [-0.4, -0.2) is 36.6 Å². The number of pyridine rings is 1. The second-order valence-electron chi connectivity index (χ2n) is 7.61. The van der Waals surface area contributed by atoms with Gasteiger partial charge in [-0.1, -0.05) is 11.6 Å². The van der Waals surface area contributed by atoms with Crippen LogP contribution in [-0.2, 0) is 16.1 Å². The second kappa shape index (κ2) is 9.42. The number of halogens is 1. The quantitative estimate of drug-likeness (QED) is 0.303. The van der Waals surface area contributed by atoms with Gasteiger partial charge in [-0.05, 0) is 48.5 Å². The van der Waals surface area contributed by atoms with E-state index in [0.717, 1.165) is 5.56 Å². The number of likely N-dealkylation sites (tertiary alicyclic amines) is 1. The third kappa shape index (κ3) is 4.32. The van der Waals surface area contributed by atoms with Gasteiger partial charge in [0.1, 0.15) is 17.4 Å². The molecule has 3 aromatic rings. The monoisotopic (exact) mass is 465 g/mol. The highest BCUT2D eigenvalue weighted by molar-refractivity contribution is 6.44. The molecule has 7 nitrogen and oxygen atoms in total. The van der Waals surface area contributed by atoms with E-state index in [9.17, 15) is 14.4 Å². The molecule has 1 aliphatic heterocycles. The minimum atomic E-state index is -1.24. The fourth-order valence-electron chi connectivity index (χ4n) is 4.09. The first-order valence-corrected chi connectivity index (χ1v) is 10.6. The number of benzene rings is 2. The summed E-state index contributed by atoms with van der Waals surface area (Å²) in [4.78, 5) is 44.3. The van der Waals surface area contributed by atoms with E-state index in [1.54, 1.807) is 60.9 Å². The number of rotatable bonds is 7. The molecule has 8 heteroatoms. The Kier molecular flexibility index (Phi) is 6.42. The Morgan fingerprint density at radius 1 is 1.06 bits per heavy atom. The predicted octanol–water partition coefficient (Wildman–Crippen LogP) is 3.32. The van der Waals surface area contributed by atoms with Gasteiger partial charge in [-0.25, -0.2) is 4.98 Å². The summed E-state index contributed by atoms with van der Waals surface area (Å²) in [5, 5.41) is 0.466. The molecule has 1 N–H and O–H groups in total. The lowest BCUT2D eigenvalue weighted by Crippen LogP contribution is -2.31. The molecule has 168 valence electrons. The highest BCUT2D eigenvalue weighted by atomic mass is 35.5. The van der Waals surface area contributed by atoms with Crippen molar-refractivity contribution in [1.82, 2.24) is 4.90 Å². The van der Waals surface area contributed by atoms with Crippen LogP contribution in [0.4, 0.5) is 0 Å². The molecular formula is C25H22ClN2O5+. The number of amides is 1. The molecule has 4 rings (SSSR count). The maximum atomic E-state index is 13.5. The van der Waals surface area contributed by atoms with E-state index in [2.05, 4.69) is 4.98 Å². The number of nitrogens with one attached hydrogen (secondary N) is 1. The number of hydrogen-bond acceptors (Lipinski definition) is 5. The maximum absolute atomic E-state index is 13.5. The van der Waals surface area contributed by atoms with Crippen LogP contribution >= 0.6 is 11.6 Å². The Morgan fingerprint density at radius 3 is 2.45 bits per heavy atom. The number of aromatic amines is 1. The fourth-order valence-corrected chi connectivity index (χ4v) is 4.22. The molecule has 33 heavy (non-hydrogen) atoms. The molecule has 0 aliphatic carbocycles. The van der Waals surface area contributed by atoms with Crippen LogP contribution in [0, 0.1) is 5.92 Å². The molecule has 2 unspecified atom stereocenters. The van der Waals surface area contributed by atoms with Crippen LogP contribution in [0.25, 0.3) is 0 Å². The van der Waals surface area contributed by atoms with E-state index < -0.39 is 29.4 Å². The van der Waals surface area contributed by atoms with Gasteiger partial charge in [0.05, 0.1) is 26.8 Å². The number of carbonyl (C=O) groups is 3. The lowest BCUT2D eigenvalue weighted by Gasteiger charge is -2.28. The molecule has 0 spiro atoms. The maximum Gasteiger partial charge on any atom is 0.291 e. The van der Waals surface area contributed by atoms with Gasteiger partial charge in [-0.2, -0.15) is 0 Å². The zero-order valence-electron chi connectivity index (χ0n) is 18.1. The van der Waals surface area contributed by atoms with Crippen molar-refractivity contribution in [3.8, 4) is 11.5 Å². The Balaban J connectivity index is 1.85. The number of methoxy groups -OCH3 is 2. The summed E-state index contributed by atoms with van der Waals surface area (Å²) < 4.78 is 10.9. The Hall–Kier alpha value is -3.71. The standard InChI is InChI=1S/C25H21ClN2O5/c1-32-18-9-10-20(33-2)19(12-18)22-21(23(29)16-5-7-17(26)8-6-16)24(30)25(31)28(22)14-15-4-3-11-27-13-15/h3-13,21-22H,14H2,1-2H3/p+1. The zero-order valence-corrected chi connectivity index (χ0v) is 18.8. The molecule has 2 heterocycles. The average Bonchev–Trinajstić information content (AvgIpc) is 3.09. The van der Waals surface area contributed by atoms with Gasteiger partial charge in [-0.15, -0.1) is 0 Å². The normalized spacial score (nSPS) is 17.8. The average molecular weight is 466 g/mol. The molecule has 2 atom stereocenters. The molecule has 0 radical (unpaired) electrons. The molecule has 1 amide bonds. The molecule has 1 aromatic heterocycles. The van der Waals surface area contributed by atoms with Crippen molar-refractivity contribution in [2.24, 2.45) is 5.92 Å². The van der Waals surface area contributed by atoms with Gasteiger partial charge in [0, 0.05) is 27.8 Å². The topological polar surface area (TPSA) is 87.0 Å². The van der Waals surface area contributed by atoms with Crippen LogP contribution in [0.15, 0.2) is 67.0 Å². The number of carbonyl (C=O) groups excluding carboxylic acids is 3.